The van der Waals surface area contributed by atoms with Gasteiger partial charge in [-0.15, -0.1) is 0 Å². The second-order valence-electron chi connectivity index (χ2n) is 5.64. The third kappa shape index (κ3) is 6.17. The molecule has 1 aromatic rings. The van der Waals surface area contributed by atoms with Crippen LogP contribution in [0.15, 0.2) is 24.3 Å². The van der Waals surface area contributed by atoms with Gasteiger partial charge in [-0.3, -0.25) is 10.1 Å². The average molecular weight is 292 g/mol. The Labute approximate surface area is 128 Å². The summed E-state index contributed by atoms with van der Waals surface area (Å²) in [5.74, 6) is 0.915. The van der Waals surface area contributed by atoms with Crippen molar-refractivity contribution in [3.63, 3.8) is 0 Å². The van der Waals surface area contributed by atoms with Crippen molar-refractivity contribution in [1.82, 2.24) is 10.6 Å². The Morgan fingerprint density at radius 3 is 2.29 bits per heavy atom. The molecule has 1 aromatic carbocycles. The fourth-order valence-corrected chi connectivity index (χ4v) is 2.06. The minimum absolute atomic E-state index is 0.0449. The Bertz CT molecular complexity index is 429. The number of hydrogen-bond acceptors (Lipinski definition) is 3. The van der Waals surface area contributed by atoms with Gasteiger partial charge in [0.2, 0.25) is 5.91 Å². The van der Waals surface area contributed by atoms with E-state index >= 15 is 0 Å². The normalized spacial score (nSPS) is 13.8. The molecule has 0 saturated carbocycles. The smallest absolute Gasteiger partial charge is 0.236 e. The summed E-state index contributed by atoms with van der Waals surface area (Å²) in [6.45, 7) is 10.7. The molecule has 21 heavy (non-hydrogen) atoms. The zero-order chi connectivity index (χ0) is 15.8. The summed E-state index contributed by atoms with van der Waals surface area (Å²) in [6.07, 6.45) is 1.12. The van der Waals surface area contributed by atoms with Crippen LogP contribution in [0, 0.1) is 0 Å². The summed E-state index contributed by atoms with van der Waals surface area (Å²) in [7, 11) is 0. The van der Waals surface area contributed by atoms with Gasteiger partial charge in [0.1, 0.15) is 5.75 Å². The molecule has 0 spiro atoms. The third-order valence-corrected chi connectivity index (χ3v) is 3.19. The fourth-order valence-electron chi connectivity index (χ4n) is 2.06. The highest BCUT2D eigenvalue weighted by Gasteiger charge is 2.15. The van der Waals surface area contributed by atoms with E-state index in [2.05, 4.69) is 17.6 Å². The zero-order valence-electron chi connectivity index (χ0n) is 13.8. The maximum atomic E-state index is 11.9. The Hall–Kier alpha value is -1.55. The number of carbonyl (C=O) groups is 1. The minimum Gasteiger partial charge on any atom is -0.491 e. The Balaban J connectivity index is 2.54. The molecule has 0 fully saturated rings. The monoisotopic (exact) mass is 292 g/mol. The van der Waals surface area contributed by atoms with Crippen LogP contribution in [0.3, 0.4) is 0 Å². The first-order valence-corrected chi connectivity index (χ1v) is 7.74. The molecular weight excluding hydrogens is 264 g/mol. The highest BCUT2D eigenvalue weighted by molar-refractivity contribution is 5.81. The summed E-state index contributed by atoms with van der Waals surface area (Å²) < 4.78 is 5.63. The van der Waals surface area contributed by atoms with Gasteiger partial charge in [0.25, 0.3) is 0 Å². The summed E-state index contributed by atoms with van der Waals surface area (Å²) in [6, 6.07) is 7.90. The average Bonchev–Trinajstić information content (AvgIpc) is 2.44. The largest absolute Gasteiger partial charge is 0.491 e. The summed E-state index contributed by atoms with van der Waals surface area (Å²) >= 11 is 0. The van der Waals surface area contributed by atoms with Gasteiger partial charge in [-0.05, 0) is 51.8 Å². The van der Waals surface area contributed by atoms with Gasteiger partial charge in [-0.2, -0.15) is 0 Å². The van der Waals surface area contributed by atoms with Crippen molar-refractivity contribution >= 4 is 5.91 Å². The van der Waals surface area contributed by atoms with Gasteiger partial charge in [0, 0.05) is 12.6 Å². The maximum absolute atomic E-state index is 11.9. The van der Waals surface area contributed by atoms with E-state index in [1.54, 1.807) is 0 Å². The molecule has 0 aliphatic carbocycles. The molecule has 0 radical (unpaired) electrons. The quantitative estimate of drug-likeness (QED) is 0.774. The van der Waals surface area contributed by atoms with E-state index in [-0.39, 0.29) is 24.1 Å². The van der Waals surface area contributed by atoms with Gasteiger partial charge < -0.3 is 10.1 Å². The standard InChI is InChI=1S/C17H28N2O2/c1-6-11-18-17(20)14(5)19-13(4)15-7-9-16(10-8-15)21-12(2)3/h7-10,12-14,19H,6,11H2,1-5H3,(H,18,20). The first-order chi connectivity index (χ1) is 9.93. The molecule has 4 heteroatoms. The van der Waals surface area contributed by atoms with Gasteiger partial charge >= 0.3 is 0 Å². The van der Waals surface area contributed by atoms with Crippen molar-refractivity contribution in [2.24, 2.45) is 0 Å². The van der Waals surface area contributed by atoms with Crippen LogP contribution in [0.1, 0.15) is 52.6 Å². The van der Waals surface area contributed by atoms with Crippen molar-refractivity contribution < 1.29 is 9.53 Å². The van der Waals surface area contributed by atoms with Crippen LogP contribution in [0.2, 0.25) is 0 Å². The van der Waals surface area contributed by atoms with E-state index in [1.807, 2.05) is 52.0 Å². The molecule has 1 rings (SSSR count). The van der Waals surface area contributed by atoms with E-state index in [1.165, 1.54) is 0 Å². The first-order valence-electron chi connectivity index (χ1n) is 7.74. The topological polar surface area (TPSA) is 50.4 Å². The van der Waals surface area contributed by atoms with Crippen LogP contribution in [-0.4, -0.2) is 24.6 Å². The van der Waals surface area contributed by atoms with Gasteiger partial charge in [0.05, 0.1) is 12.1 Å². The number of benzene rings is 1. The molecule has 0 bridgehead atoms. The lowest BCUT2D eigenvalue weighted by Gasteiger charge is -2.20. The molecule has 1 amide bonds. The number of ether oxygens (including phenoxy) is 1. The van der Waals surface area contributed by atoms with Crippen molar-refractivity contribution in [2.75, 3.05) is 6.54 Å². The van der Waals surface area contributed by atoms with Crippen LogP contribution in [0.5, 0.6) is 5.75 Å². The molecule has 2 atom stereocenters. The molecule has 0 aliphatic heterocycles. The van der Waals surface area contributed by atoms with Crippen LogP contribution < -0.4 is 15.4 Å². The summed E-state index contributed by atoms with van der Waals surface area (Å²) in [5, 5.41) is 6.21. The van der Waals surface area contributed by atoms with E-state index in [0.29, 0.717) is 0 Å². The van der Waals surface area contributed by atoms with Gasteiger partial charge in [-0.25, -0.2) is 0 Å². The molecule has 0 aromatic heterocycles. The number of carbonyl (C=O) groups excluding carboxylic acids is 1. The van der Waals surface area contributed by atoms with E-state index in [4.69, 9.17) is 4.74 Å². The van der Waals surface area contributed by atoms with Crippen LogP contribution in [-0.2, 0) is 4.79 Å². The first kappa shape index (κ1) is 17.5. The van der Waals surface area contributed by atoms with E-state index in [0.717, 1.165) is 24.3 Å². The zero-order valence-corrected chi connectivity index (χ0v) is 13.8. The van der Waals surface area contributed by atoms with E-state index < -0.39 is 0 Å². The van der Waals surface area contributed by atoms with Crippen LogP contribution in [0.4, 0.5) is 0 Å². The number of nitrogens with one attached hydrogen (secondary N) is 2. The molecule has 2 N–H and O–H groups in total. The third-order valence-electron chi connectivity index (χ3n) is 3.19. The molecule has 0 aliphatic rings. The predicted molar refractivity (Wildman–Crippen MR) is 86.5 cm³/mol. The van der Waals surface area contributed by atoms with Gasteiger partial charge in [0.15, 0.2) is 0 Å². The van der Waals surface area contributed by atoms with Crippen molar-refractivity contribution in [1.29, 1.82) is 0 Å². The highest BCUT2D eigenvalue weighted by Crippen LogP contribution is 2.18. The summed E-state index contributed by atoms with van der Waals surface area (Å²) in [5.41, 5.74) is 1.14. The Morgan fingerprint density at radius 1 is 1.14 bits per heavy atom. The van der Waals surface area contributed by atoms with Crippen LogP contribution in [0.25, 0.3) is 0 Å². The molecule has 4 nitrogen and oxygen atoms in total. The lowest BCUT2D eigenvalue weighted by atomic mass is 10.1. The molecule has 0 saturated heterocycles. The predicted octanol–water partition coefficient (Wildman–Crippen LogP) is 3.04. The fraction of sp³-hybridized carbons (Fsp3) is 0.588. The molecule has 2 unspecified atom stereocenters. The molecular formula is C17H28N2O2. The maximum Gasteiger partial charge on any atom is 0.236 e. The summed E-state index contributed by atoms with van der Waals surface area (Å²) in [4.78, 5) is 11.9. The Morgan fingerprint density at radius 2 is 1.76 bits per heavy atom. The lowest BCUT2D eigenvalue weighted by molar-refractivity contribution is -0.122. The second-order valence-corrected chi connectivity index (χ2v) is 5.64. The molecule has 0 heterocycles. The number of amides is 1. The minimum atomic E-state index is -0.210. The van der Waals surface area contributed by atoms with Crippen molar-refractivity contribution in [3.8, 4) is 5.75 Å². The van der Waals surface area contributed by atoms with E-state index in [9.17, 15) is 4.79 Å². The Kier molecular flexibility index (Phi) is 7.23. The SMILES string of the molecule is CCCNC(=O)C(C)NC(C)c1ccc(OC(C)C)cc1. The number of rotatable bonds is 8. The lowest BCUT2D eigenvalue weighted by Crippen LogP contribution is -2.43. The van der Waals surface area contributed by atoms with Crippen molar-refractivity contribution in [3.05, 3.63) is 29.8 Å². The van der Waals surface area contributed by atoms with Crippen molar-refractivity contribution in [2.45, 2.75) is 59.2 Å². The number of hydrogen-bond donors (Lipinski definition) is 2. The highest BCUT2D eigenvalue weighted by atomic mass is 16.5. The van der Waals surface area contributed by atoms with Gasteiger partial charge in [-0.1, -0.05) is 19.1 Å². The molecule has 118 valence electrons. The van der Waals surface area contributed by atoms with Crippen LogP contribution >= 0.6 is 0 Å². The second kappa shape index (κ2) is 8.67.